The highest BCUT2D eigenvalue weighted by atomic mass is 35.5. The fraction of sp³-hybridized carbons (Fsp3) is 0.429. The molecule has 0 radical (unpaired) electrons. The molecule has 2 rings (SSSR count). The molecular weight excluding hydrogens is 260 g/mol. The first-order chi connectivity index (χ1) is 9.19. The number of aryl methyl sites for hydroxylation is 1. The summed E-state index contributed by atoms with van der Waals surface area (Å²) >= 11 is 6.00. The Bertz CT molecular complexity index is 516. The van der Waals surface area contributed by atoms with Gasteiger partial charge in [0.25, 0.3) is 0 Å². The second-order valence-electron chi connectivity index (χ2n) is 4.56. The van der Waals surface area contributed by atoms with E-state index in [4.69, 9.17) is 11.6 Å². The first-order valence-electron chi connectivity index (χ1n) is 6.54. The Morgan fingerprint density at radius 2 is 2.11 bits per heavy atom. The zero-order chi connectivity index (χ0) is 13.7. The average Bonchev–Trinajstić information content (AvgIpc) is 2.69. The molecule has 0 amide bonds. The van der Waals surface area contributed by atoms with Crippen molar-refractivity contribution in [1.29, 1.82) is 0 Å². The summed E-state index contributed by atoms with van der Waals surface area (Å²) in [4.78, 5) is 4.61. The SMILES string of the molecule is CCCNCc1cccc(Cn2cc(Cl)c(C)n2)n1. The van der Waals surface area contributed by atoms with E-state index in [1.54, 1.807) is 0 Å². The van der Waals surface area contributed by atoms with E-state index in [1.165, 1.54) is 0 Å². The van der Waals surface area contributed by atoms with Gasteiger partial charge in [-0.15, -0.1) is 0 Å². The molecule has 0 aromatic carbocycles. The highest BCUT2D eigenvalue weighted by Gasteiger charge is 2.04. The highest BCUT2D eigenvalue weighted by molar-refractivity contribution is 6.31. The van der Waals surface area contributed by atoms with E-state index in [2.05, 4.69) is 22.3 Å². The number of hydrogen-bond donors (Lipinski definition) is 1. The Hall–Kier alpha value is -1.39. The van der Waals surface area contributed by atoms with Crippen LogP contribution in [-0.2, 0) is 13.1 Å². The number of pyridine rings is 1. The van der Waals surface area contributed by atoms with Crippen molar-refractivity contribution in [2.75, 3.05) is 6.54 Å². The minimum Gasteiger partial charge on any atom is -0.311 e. The lowest BCUT2D eigenvalue weighted by atomic mass is 10.3. The third-order valence-electron chi connectivity index (χ3n) is 2.81. The second-order valence-corrected chi connectivity index (χ2v) is 4.96. The molecule has 5 heteroatoms. The van der Waals surface area contributed by atoms with E-state index in [0.29, 0.717) is 11.6 Å². The van der Waals surface area contributed by atoms with E-state index in [0.717, 1.165) is 36.6 Å². The van der Waals surface area contributed by atoms with Gasteiger partial charge in [0.05, 0.1) is 28.6 Å². The number of hydrogen-bond acceptors (Lipinski definition) is 3. The van der Waals surface area contributed by atoms with Crippen molar-refractivity contribution in [2.24, 2.45) is 0 Å². The molecule has 0 aliphatic carbocycles. The predicted octanol–water partition coefficient (Wildman–Crippen LogP) is 2.79. The van der Waals surface area contributed by atoms with Gasteiger partial charge >= 0.3 is 0 Å². The standard InChI is InChI=1S/C14H19ClN4/c1-3-7-16-8-12-5-4-6-13(17-12)9-19-10-14(15)11(2)18-19/h4-6,10,16H,3,7-9H2,1-2H3. The van der Waals surface area contributed by atoms with Crippen LogP contribution in [0.25, 0.3) is 0 Å². The summed E-state index contributed by atoms with van der Waals surface area (Å²) in [5.41, 5.74) is 2.90. The van der Waals surface area contributed by atoms with Gasteiger partial charge in [0.1, 0.15) is 0 Å². The van der Waals surface area contributed by atoms with Crippen LogP contribution in [0, 0.1) is 6.92 Å². The summed E-state index contributed by atoms with van der Waals surface area (Å²) in [5, 5.41) is 8.38. The highest BCUT2D eigenvalue weighted by Crippen LogP contribution is 2.13. The van der Waals surface area contributed by atoms with Crippen LogP contribution in [0.4, 0.5) is 0 Å². The molecule has 2 heterocycles. The van der Waals surface area contributed by atoms with Crippen molar-refractivity contribution < 1.29 is 0 Å². The van der Waals surface area contributed by atoms with E-state index in [-0.39, 0.29) is 0 Å². The summed E-state index contributed by atoms with van der Waals surface area (Å²) in [6, 6.07) is 6.07. The molecule has 0 aliphatic heterocycles. The summed E-state index contributed by atoms with van der Waals surface area (Å²) in [7, 11) is 0. The molecular formula is C14H19ClN4. The van der Waals surface area contributed by atoms with Crippen molar-refractivity contribution in [3.63, 3.8) is 0 Å². The number of halogens is 1. The molecule has 2 aromatic rings. The minimum atomic E-state index is 0.648. The first-order valence-corrected chi connectivity index (χ1v) is 6.92. The monoisotopic (exact) mass is 278 g/mol. The van der Waals surface area contributed by atoms with Gasteiger partial charge in [-0.2, -0.15) is 5.10 Å². The van der Waals surface area contributed by atoms with Crippen LogP contribution in [0.3, 0.4) is 0 Å². The van der Waals surface area contributed by atoms with Gasteiger partial charge < -0.3 is 5.32 Å². The Balaban J connectivity index is 2.02. The van der Waals surface area contributed by atoms with E-state index >= 15 is 0 Å². The zero-order valence-corrected chi connectivity index (χ0v) is 12.1. The Kier molecular flexibility index (Phi) is 4.93. The third kappa shape index (κ3) is 4.04. The maximum absolute atomic E-state index is 6.00. The normalized spacial score (nSPS) is 10.9. The zero-order valence-electron chi connectivity index (χ0n) is 11.4. The molecule has 2 aromatic heterocycles. The molecule has 0 spiro atoms. The third-order valence-corrected chi connectivity index (χ3v) is 3.18. The summed E-state index contributed by atoms with van der Waals surface area (Å²) in [6.07, 6.45) is 2.96. The maximum atomic E-state index is 6.00. The van der Waals surface area contributed by atoms with Crippen molar-refractivity contribution in [3.05, 3.63) is 46.5 Å². The number of nitrogens with zero attached hydrogens (tertiary/aromatic N) is 3. The number of aromatic nitrogens is 3. The number of nitrogens with one attached hydrogen (secondary N) is 1. The molecule has 4 nitrogen and oxygen atoms in total. The topological polar surface area (TPSA) is 42.7 Å². The van der Waals surface area contributed by atoms with Gasteiger partial charge in [0.15, 0.2) is 0 Å². The van der Waals surface area contributed by atoms with Crippen LogP contribution in [0.15, 0.2) is 24.4 Å². The lowest BCUT2D eigenvalue weighted by molar-refractivity contribution is 0.642. The van der Waals surface area contributed by atoms with Gasteiger partial charge in [-0.1, -0.05) is 24.6 Å². The molecule has 1 N–H and O–H groups in total. The van der Waals surface area contributed by atoms with Gasteiger partial charge in [-0.3, -0.25) is 9.67 Å². The fourth-order valence-corrected chi connectivity index (χ4v) is 2.00. The summed E-state index contributed by atoms with van der Waals surface area (Å²) in [5.74, 6) is 0. The minimum absolute atomic E-state index is 0.648. The molecule has 0 atom stereocenters. The predicted molar refractivity (Wildman–Crippen MR) is 77.3 cm³/mol. The van der Waals surface area contributed by atoms with Crippen LogP contribution in [0.5, 0.6) is 0 Å². The van der Waals surface area contributed by atoms with Crippen molar-refractivity contribution in [3.8, 4) is 0 Å². The Labute approximate surface area is 118 Å². The van der Waals surface area contributed by atoms with Gasteiger partial charge in [0, 0.05) is 12.7 Å². The lowest BCUT2D eigenvalue weighted by Crippen LogP contribution is -2.15. The van der Waals surface area contributed by atoms with Crippen LogP contribution >= 0.6 is 11.6 Å². The van der Waals surface area contributed by atoms with Crippen LogP contribution in [0.1, 0.15) is 30.4 Å². The van der Waals surface area contributed by atoms with Gasteiger partial charge in [-0.05, 0) is 32.0 Å². The summed E-state index contributed by atoms with van der Waals surface area (Å²) < 4.78 is 1.82. The van der Waals surface area contributed by atoms with Crippen molar-refractivity contribution in [2.45, 2.75) is 33.4 Å². The molecule has 0 bridgehead atoms. The van der Waals surface area contributed by atoms with E-state index in [9.17, 15) is 0 Å². The molecule has 102 valence electrons. The van der Waals surface area contributed by atoms with E-state index < -0.39 is 0 Å². The van der Waals surface area contributed by atoms with Crippen LogP contribution in [-0.4, -0.2) is 21.3 Å². The van der Waals surface area contributed by atoms with Crippen LogP contribution in [0.2, 0.25) is 5.02 Å². The molecule has 0 aliphatic rings. The smallest absolute Gasteiger partial charge is 0.0832 e. The quantitative estimate of drug-likeness (QED) is 0.826. The number of rotatable bonds is 6. The van der Waals surface area contributed by atoms with Crippen LogP contribution < -0.4 is 5.32 Å². The molecule has 19 heavy (non-hydrogen) atoms. The molecule has 0 saturated carbocycles. The second kappa shape index (κ2) is 6.68. The Morgan fingerprint density at radius 1 is 1.32 bits per heavy atom. The maximum Gasteiger partial charge on any atom is 0.0832 e. The van der Waals surface area contributed by atoms with Gasteiger partial charge in [0.2, 0.25) is 0 Å². The van der Waals surface area contributed by atoms with Crippen molar-refractivity contribution in [1.82, 2.24) is 20.1 Å². The average molecular weight is 279 g/mol. The summed E-state index contributed by atoms with van der Waals surface area (Å²) in [6.45, 7) is 6.52. The van der Waals surface area contributed by atoms with Gasteiger partial charge in [-0.25, -0.2) is 0 Å². The lowest BCUT2D eigenvalue weighted by Gasteiger charge is -2.06. The Morgan fingerprint density at radius 3 is 2.79 bits per heavy atom. The molecule has 0 unspecified atom stereocenters. The molecule has 0 fully saturated rings. The largest absolute Gasteiger partial charge is 0.311 e. The van der Waals surface area contributed by atoms with Crippen molar-refractivity contribution >= 4 is 11.6 Å². The van der Waals surface area contributed by atoms with E-state index in [1.807, 2.05) is 36.0 Å². The molecule has 0 saturated heterocycles. The fourth-order valence-electron chi connectivity index (χ4n) is 1.85. The first kappa shape index (κ1) is 14.0.